The molecule has 0 amide bonds. The van der Waals surface area contributed by atoms with Gasteiger partial charge in [-0.3, -0.25) is 9.88 Å². The second-order valence-electron chi connectivity index (χ2n) is 5.63. The number of aliphatic hydroxyl groups excluding tert-OH is 1. The average molecular weight is 278 g/mol. The molecule has 0 aliphatic heterocycles. The Labute approximate surface area is 121 Å². The SMILES string of the molecule is COc1cc(C)nc(CN(CCO)C2CCCCC2)c1. The van der Waals surface area contributed by atoms with Crippen LogP contribution in [0.25, 0.3) is 0 Å². The standard InChI is InChI=1S/C16H26N2O2/c1-13-10-16(20-2)11-14(17-13)12-18(8-9-19)15-6-4-3-5-7-15/h10-11,15,19H,3-9,12H2,1-2H3. The topological polar surface area (TPSA) is 45.6 Å². The zero-order valence-electron chi connectivity index (χ0n) is 12.6. The van der Waals surface area contributed by atoms with E-state index in [1.54, 1.807) is 7.11 Å². The minimum atomic E-state index is 0.208. The summed E-state index contributed by atoms with van der Waals surface area (Å²) in [6, 6.07) is 4.53. The fraction of sp³-hybridized carbons (Fsp3) is 0.688. The van der Waals surface area contributed by atoms with Crippen LogP contribution in [0, 0.1) is 6.92 Å². The Kier molecular flexibility index (Phi) is 5.80. The lowest BCUT2D eigenvalue weighted by Crippen LogP contribution is -2.38. The Morgan fingerprint density at radius 1 is 1.30 bits per heavy atom. The minimum Gasteiger partial charge on any atom is -0.497 e. The number of aryl methyl sites for hydroxylation is 1. The molecule has 2 rings (SSSR count). The minimum absolute atomic E-state index is 0.208. The van der Waals surface area contributed by atoms with Gasteiger partial charge in [0, 0.05) is 37.0 Å². The summed E-state index contributed by atoms with van der Waals surface area (Å²) in [6.45, 7) is 3.72. The van der Waals surface area contributed by atoms with Crippen molar-refractivity contribution in [3.8, 4) is 5.75 Å². The molecule has 4 nitrogen and oxygen atoms in total. The van der Waals surface area contributed by atoms with E-state index in [1.807, 2.05) is 19.1 Å². The van der Waals surface area contributed by atoms with Gasteiger partial charge in [0.2, 0.25) is 0 Å². The molecule has 4 heteroatoms. The summed E-state index contributed by atoms with van der Waals surface area (Å²) < 4.78 is 5.31. The predicted molar refractivity (Wildman–Crippen MR) is 79.9 cm³/mol. The molecule has 0 saturated heterocycles. The van der Waals surface area contributed by atoms with Crippen molar-refractivity contribution in [3.05, 3.63) is 23.5 Å². The Morgan fingerprint density at radius 2 is 2.05 bits per heavy atom. The first-order chi connectivity index (χ1) is 9.72. The van der Waals surface area contributed by atoms with Crippen LogP contribution in [-0.2, 0) is 6.54 Å². The van der Waals surface area contributed by atoms with Gasteiger partial charge >= 0.3 is 0 Å². The maximum atomic E-state index is 9.31. The monoisotopic (exact) mass is 278 g/mol. The molecule has 0 radical (unpaired) electrons. The van der Waals surface area contributed by atoms with Crippen LogP contribution < -0.4 is 4.74 Å². The second-order valence-corrected chi connectivity index (χ2v) is 5.63. The highest BCUT2D eigenvalue weighted by Crippen LogP contribution is 2.24. The number of rotatable bonds is 6. The van der Waals surface area contributed by atoms with Gasteiger partial charge in [0.1, 0.15) is 5.75 Å². The molecule has 1 fully saturated rings. The molecule has 0 atom stereocenters. The zero-order valence-corrected chi connectivity index (χ0v) is 12.6. The van der Waals surface area contributed by atoms with E-state index < -0.39 is 0 Å². The molecule has 0 aromatic carbocycles. The Balaban J connectivity index is 2.08. The summed E-state index contributed by atoms with van der Waals surface area (Å²) in [4.78, 5) is 6.97. The first kappa shape index (κ1) is 15.3. The summed E-state index contributed by atoms with van der Waals surface area (Å²) in [6.07, 6.45) is 6.43. The molecule has 20 heavy (non-hydrogen) atoms. The van der Waals surface area contributed by atoms with E-state index in [-0.39, 0.29) is 6.61 Å². The molecule has 1 heterocycles. The Bertz CT molecular complexity index is 417. The van der Waals surface area contributed by atoms with Crippen molar-refractivity contribution in [3.63, 3.8) is 0 Å². The molecule has 1 aromatic heterocycles. The molecule has 1 N–H and O–H groups in total. The maximum absolute atomic E-state index is 9.31. The van der Waals surface area contributed by atoms with Crippen molar-refractivity contribution < 1.29 is 9.84 Å². The Hall–Kier alpha value is -1.13. The fourth-order valence-electron chi connectivity index (χ4n) is 3.08. The fourth-order valence-corrected chi connectivity index (χ4v) is 3.08. The van der Waals surface area contributed by atoms with E-state index in [1.165, 1.54) is 32.1 Å². The lowest BCUT2D eigenvalue weighted by molar-refractivity contribution is 0.116. The molecule has 1 aromatic rings. The first-order valence-electron chi connectivity index (χ1n) is 7.59. The first-order valence-corrected chi connectivity index (χ1v) is 7.59. The molecule has 1 aliphatic rings. The van der Waals surface area contributed by atoms with Gasteiger partial charge < -0.3 is 9.84 Å². The molecular weight excluding hydrogens is 252 g/mol. The average Bonchev–Trinajstić information content (AvgIpc) is 2.47. The van der Waals surface area contributed by atoms with Crippen LogP contribution in [0.1, 0.15) is 43.5 Å². The van der Waals surface area contributed by atoms with Crippen LogP contribution in [0.3, 0.4) is 0 Å². The molecule has 1 saturated carbocycles. The van der Waals surface area contributed by atoms with Crippen molar-refractivity contribution in [1.82, 2.24) is 9.88 Å². The summed E-state index contributed by atoms with van der Waals surface area (Å²) in [5.41, 5.74) is 2.01. The van der Waals surface area contributed by atoms with Gasteiger partial charge in [-0.2, -0.15) is 0 Å². The van der Waals surface area contributed by atoms with Gasteiger partial charge in [0.25, 0.3) is 0 Å². The third-order valence-corrected chi connectivity index (χ3v) is 4.06. The van der Waals surface area contributed by atoms with Crippen LogP contribution >= 0.6 is 0 Å². The van der Waals surface area contributed by atoms with E-state index in [9.17, 15) is 5.11 Å². The smallest absolute Gasteiger partial charge is 0.122 e. The van der Waals surface area contributed by atoms with Crippen molar-refractivity contribution in [2.24, 2.45) is 0 Å². The van der Waals surface area contributed by atoms with Crippen LogP contribution in [0.4, 0.5) is 0 Å². The van der Waals surface area contributed by atoms with E-state index >= 15 is 0 Å². The Morgan fingerprint density at radius 3 is 2.70 bits per heavy atom. The van der Waals surface area contributed by atoms with Crippen molar-refractivity contribution in [1.29, 1.82) is 0 Å². The summed E-state index contributed by atoms with van der Waals surface area (Å²) in [7, 11) is 1.69. The number of ether oxygens (including phenoxy) is 1. The van der Waals surface area contributed by atoms with Gasteiger partial charge in [-0.25, -0.2) is 0 Å². The number of hydrogen-bond acceptors (Lipinski definition) is 4. The quantitative estimate of drug-likeness (QED) is 0.868. The summed E-state index contributed by atoms with van der Waals surface area (Å²) >= 11 is 0. The lowest BCUT2D eigenvalue weighted by atomic mass is 9.94. The van der Waals surface area contributed by atoms with E-state index in [4.69, 9.17) is 4.74 Å². The largest absolute Gasteiger partial charge is 0.497 e. The van der Waals surface area contributed by atoms with Crippen LogP contribution in [0.15, 0.2) is 12.1 Å². The van der Waals surface area contributed by atoms with Gasteiger partial charge in [-0.1, -0.05) is 19.3 Å². The van der Waals surface area contributed by atoms with Crippen molar-refractivity contribution in [2.45, 2.75) is 51.6 Å². The number of hydrogen-bond donors (Lipinski definition) is 1. The van der Waals surface area contributed by atoms with Crippen molar-refractivity contribution in [2.75, 3.05) is 20.3 Å². The highest BCUT2D eigenvalue weighted by atomic mass is 16.5. The number of methoxy groups -OCH3 is 1. The van der Waals surface area contributed by atoms with Crippen LogP contribution in [0.2, 0.25) is 0 Å². The van der Waals surface area contributed by atoms with Crippen molar-refractivity contribution >= 4 is 0 Å². The zero-order chi connectivity index (χ0) is 14.4. The molecule has 112 valence electrons. The van der Waals surface area contributed by atoms with Gasteiger partial charge in [-0.05, 0) is 19.8 Å². The molecular formula is C16H26N2O2. The lowest BCUT2D eigenvalue weighted by Gasteiger charge is -2.33. The van der Waals surface area contributed by atoms with E-state index in [2.05, 4.69) is 9.88 Å². The number of aromatic nitrogens is 1. The molecule has 0 spiro atoms. The summed E-state index contributed by atoms with van der Waals surface area (Å²) in [5, 5.41) is 9.31. The summed E-state index contributed by atoms with van der Waals surface area (Å²) in [5.74, 6) is 0.861. The van der Waals surface area contributed by atoms with Crippen LogP contribution in [0.5, 0.6) is 5.75 Å². The van der Waals surface area contributed by atoms with Gasteiger partial charge in [0.15, 0.2) is 0 Å². The van der Waals surface area contributed by atoms with E-state index in [0.717, 1.165) is 30.2 Å². The molecule has 1 aliphatic carbocycles. The second kappa shape index (κ2) is 7.60. The number of nitrogens with zero attached hydrogens (tertiary/aromatic N) is 2. The predicted octanol–water partition coefficient (Wildman–Crippen LogP) is 2.53. The molecule has 0 unspecified atom stereocenters. The maximum Gasteiger partial charge on any atom is 0.122 e. The number of pyridine rings is 1. The third-order valence-electron chi connectivity index (χ3n) is 4.06. The van der Waals surface area contributed by atoms with Gasteiger partial charge in [-0.15, -0.1) is 0 Å². The van der Waals surface area contributed by atoms with E-state index in [0.29, 0.717) is 6.04 Å². The highest BCUT2D eigenvalue weighted by Gasteiger charge is 2.21. The highest BCUT2D eigenvalue weighted by molar-refractivity contribution is 5.26. The van der Waals surface area contributed by atoms with Crippen LogP contribution in [-0.4, -0.2) is 41.3 Å². The normalized spacial score (nSPS) is 16.6. The number of aliphatic hydroxyl groups is 1. The van der Waals surface area contributed by atoms with Gasteiger partial charge in [0.05, 0.1) is 19.4 Å². The third kappa shape index (κ3) is 4.18. The molecule has 0 bridgehead atoms.